The van der Waals surface area contributed by atoms with E-state index >= 15 is 0 Å². The van der Waals surface area contributed by atoms with Crippen molar-refractivity contribution >= 4 is 5.82 Å². The van der Waals surface area contributed by atoms with Crippen LogP contribution in [0.3, 0.4) is 0 Å². The Kier molecular flexibility index (Phi) is 4.51. The third kappa shape index (κ3) is 3.29. The van der Waals surface area contributed by atoms with Gasteiger partial charge in [-0.2, -0.15) is 0 Å². The maximum Gasteiger partial charge on any atom is 0.132 e. The van der Waals surface area contributed by atoms with Gasteiger partial charge in [0.05, 0.1) is 0 Å². The van der Waals surface area contributed by atoms with Crippen LogP contribution in [0.25, 0.3) is 0 Å². The minimum atomic E-state index is 0.843. The number of nitrogens with zero attached hydrogens (tertiary/aromatic N) is 4. The van der Waals surface area contributed by atoms with Gasteiger partial charge in [0.25, 0.3) is 0 Å². The molecule has 0 spiro atoms. The summed E-state index contributed by atoms with van der Waals surface area (Å²) in [7, 11) is 0. The average molecular weight is 274 g/mol. The van der Waals surface area contributed by atoms with Gasteiger partial charge < -0.3 is 4.90 Å². The first-order valence-corrected chi connectivity index (χ1v) is 8.11. The first kappa shape index (κ1) is 13.8. The Morgan fingerprint density at radius 3 is 2.65 bits per heavy atom. The van der Waals surface area contributed by atoms with E-state index in [-0.39, 0.29) is 0 Å². The number of hydrogen-bond acceptors (Lipinski definition) is 4. The van der Waals surface area contributed by atoms with Gasteiger partial charge in [-0.05, 0) is 32.3 Å². The first-order chi connectivity index (χ1) is 9.83. The molecule has 1 aromatic rings. The van der Waals surface area contributed by atoms with Gasteiger partial charge in [-0.1, -0.05) is 19.3 Å². The summed E-state index contributed by atoms with van der Waals surface area (Å²) in [4.78, 5) is 13.9. The molecular formula is C16H26N4. The predicted octanol–water partition coefficient (Wildman–Crippen LogP) is 2.63. The van der Waals surface area contributed by atoms with Crippen molar-refractivity contribution in [2.45, 2.75) is 51.5 Å². The molecule has 1 saturated carbocycles. The van der Waals surface area contributed by atoms with Crippen molar-refractivity contribution in [3.8, 4) is 0 Å². The summed E-state index contributed by atoms with van der Waals surface area (Å²) in [5.74, 6) is 1.97. The van der Waals surface area contributed by atoms with Gasteiger partial charge in [0.2, 0.25) is 0 Å². The van der Waals surface area contributed by atoms with E-state index in [1.54, 1.807) is 0 Å². The molecule has 2 fully saturated rings. The zero-order chi connectivity index (χ0) is 13.8. The third-order valence-electron chi connectivity index (χ3n) is 4.71. The van der Waals surface area contributed by atoms with Crippen molar-refractivity contribution in [1.82, 2.24) is 14.9 Å². The van der Waals surface area contributed by atoms with E-state index in [0.717, 1.165) is 30.8 Å². The second-order valence-electron chi connectivity index (χ2n) is 6.13. The van der Waals surface area contributed by atoms with Crippen molar-refractivity contribution in [3.05, 3.63) is 18.1 Å². The predicted molar refractivity (Wildman–Crippen MR) is 82.0 cm³/mol. The Bertz CT molecular complexity index is 428. The van der Waals surface area contributed by atoms with Gasteiger partial charge in [-0.25, -0.2) is 9.97 Å². The van der Waals surface area contributed by atoms with Gasteiger partial charge in [0.15, 0.2) is 0 Å². The Morgan fingerprint density at radius 1 is 1.00 bits per heavy atom. The Hall–Kier alpha value is -1.16. The standard InChI is InChI=1S/C16H26N4/c1-14-17-9-8-16(18-14)20-11-5-10-19(12-13-20)15-6-3-2-4-7-15/h8-9,15H,2-7,10-13H2,1H3. The van der Waals surface area contributed by atoms with E-state index in [1.807, 2.05) is 19.2 Å². The lowest BCUT2D eigenvalue weighted by Crippen LogP contribution is -2.39. The molecule has 1 aromatic heterocycles. The van der Waals surface area contributed by atoms with Crippen molar-refractivity contribution < 1.29 is 0 Å². The smallest absolute Gasteiger partial charge is 0.132 e. The molecule has 0 N–H and O–H groups in total. The highest BCUT2D eigenvalue weighted by Crippen LogP contribution is 2.24. The summed E-state index contributed by atoms with van der Waals surface area (Å²) in [6.45, 7) is 6.64. The lowest BCUT2D eigenvalue weighted by Gasteiger charge is -2.33. The largest absolute Gasteiger partial charge is 0.355 e. The van der Waals surface area contributed by atoms with Crippen molar-refractivity contribution in [2.24, 2.45) is 0 Å². The van der Waals surface area contributed by atoms with Crippen LogP contribution < -0.4 is 4.90 Å². The SMILES string of the molecule is Cc1nccc(N2CCCN(C3CCCCC3)CC2)n1. The van der Waals surface area contributed by atoms with E-state index in [1.165, 1.54) is 51.6 Å². The summed E-state index contributed by atoms with van der Waals surface area (Å²) in [5, 5.41) is 0. The zero-order valence-electron chi connectivity index (χ0n) is 12.6. The van der Waals surface area contributed by atoms with Gasteiger partial charge >= 0.3 is 0 Å². The Morgan fingerprint density at radius 2 is 1.85 bits per heavy atom. The highest BCUT2D eigenvalue weighted by atomic mass is 15.3. The molecule has 4 nitrogen and oxygen atoms in total. The van der Waals surface area contributed by atoms with E-state index in [4.69, 9.17) is 0 Å². The molecule has 0 atom stereocenters. The molecule has 4 heteroatoms. The Labute approximate surface area is 122 Å². The summed E-state index contributed by atoms with van der Waals surface area (Å²) in [6, 6.07) is 2.89. The van der Waals surface area contributed by atoms with Crippen LogP contribution in [0.15, 0.2) is 12.3 Å². The van der Waals surface area contributed by atoms with Crippen molar-refractivity contribution in [1.29, 1.82) is 0 Å². The fourth-order valence-electron chi connectivity index (χ4n) is 3.60. The number of rotatable bonds is 2. The minimum absolute atomic E-state index is 0.843. The van der Waals surface area contributed by atoms with E-state index in [2.05, 4.69) is 19.8 Å². The van der Waals surface area contributed by atoms with Gasteiger partial charge in [-0.15, -0.1) is 0 Å². The molecule has 0 aromatic carbocycles. The molecule has 1 aliphatic carbocycles. The van der Waals surface area contributed by atoms with Crippen LogP contribution in [0.2, 0.25) is 0 Å². The summed E-state index contributed by atoms with van der Waals surface area (Å²) in [6.07, 6.45) is 10.2. The molecule has 0 bridgehead atoms. The maximum absolute atomic E-state index is 4.57. The molecule has 1 aliphatic heterocycles. The third-order valence-corrected chi connectivity index (χ3v) is 4.71. The molecule has 0 amide bonds. The van der Waals surface area contributed by atoms with Crippen molar-refractivity contribution in [2.75, 3.05) is 31.1 Å². The van der Waals surface area contributed by atoms with Crippen LogP contribution in [0, 0.1) is 6.92 Å². The van der Waals surface area contributed by atoms with Crippen LogP contribution in [0.5, 0.6) is 0 Å². The zero-order valence-corrected chi connectivity index (χ0v) is 12.6. The van der Waals surface area contributed by atoms with Gasteiger partial charge in [-0.3, -0.25) is 4.90 Å². The van der Waals surface area contributed by atoms with Gasteiger partial charge in [0, 0.05) is 38.4 Å². The van der Waals surface area contributed by atoms with Gasteiger partial charge in [0.1, 0.15) is 11.6 Å². The minimum Gasteiger partial charge on any atom is -0.355 e. The first-order valence-electron chi connectivity index (χ1n) is 8.11. The monoisotopic (exact) mass is 274 g/mol. The van der Waals surface area contributed by atoms with E-state index in [0.29, 0.717) is 0 Å². The van der Waals surface area contributed by atoms with E-state index in [9.17, 15) is 0 Å². The highest BCUT2D eigenvalue weighted by Gasteiger charge is 2.23. The molecule has 3 rings (SSSR count). The van der Waals surface area contributed by atoms with E-state index < -0.39 is 0 Å². The number of anilines is 1. The normalized spacial score (nSPS) is 22.8. The molecule has 2 heterocycles. The van der Waals surface area contributed by atoms with Crippen molar-refractivity contribution in [3.63, 3.8) is 0 Å². The number of hydrogen-bond donors (Lipinski definition) is 0. The molecule has 1 saturated heterocycles. The second-order valence-corrected chi connectivity index (χ2v) is 6.13. The highest BCUT2D eigenvalue weighted by molar-refractivity contribution is 5.37. The quantitative estimate of drug-likeness (QED) is 0.830. The van der Waals surface area contributed by atoms with Crippen LogP contribution in [-0.4, -0.2) is 47.1 Å². The molecular weight excluding hydrogens is 248 g/mol. The fourth-order valence-corrected chi connectivity index (χ4v) is 3.60. The molecule has 0 radical (unpaired) electrons. The summed E-state index contributed by atoms with van der Waals surface area (Å²) < 4.78 is 0. The maximum atomic E-state index is 4.57. The van der Waals surface area contributed by atoms with Crippen LogP contribution in [0.4, 0.5) is 5.82 Å². The number of aryl methyl sites for hydroxylation is 1. The lowest BCUT2D eigenvalue weighted by molar-refractivity contribution is 0.166. The Balaban J connectivity index is 1.61. The topological polar surface area (TPSA) is 32.3 Å². The van der Waals surface area contributed by atoms with Crippen LogP contribution >= 0.6 is 0 Å². The molecule has 20 heavy (non-hydrogen) atoms. The van der Waals surface area contributed by atoms with Crippen LogP contribution in [0.1, 0.15) is 44.3 Å². The van der Waals surface area contributed by atoms with Crippen LogP contribution in [-0.2, 0) is 0 Å². The second kappa shape index (κ2) is 6.53. The summed E-state index contributed by atoms with van der Waals surface area (Å²) in [5.41, 5.74) is 0. The average Bonchev–Trinajstić information content (AvgIpc) is 2.74. The molecule has 110 valence electrons. The molecule has 0 unspecified atom stereocenters. The molecule has 2 aliphatic rings. The summed E-state index contributed by atoms with van der Waals surface area (Å²) >= 11 is 0. The fraction of sp³-hybridized carbons (Fsp3) is 0.750. The lowest BCUT2D eigenvalue weighted by atomic mass is 9.94. The number of aromatic nitrogens is 2.